The first-order chi connectivity index (χ1) is 9.00. The molecule has 0 bridgehead atoms. The molecule has 1 fully saturated rings. The zero-order chi connectivity index (χ0) is 13.9. The van der Waals surface area contributed by atoms with Crippen molar-refractivity contribution in [2.75, 3.05) is 13.1 Å². The van der Waals surface area contributed by atoms with Crippen LogP contribution in [0.25, 0.3) is 0 Å². The van der Waals surface area contributed by atoms with Crippen LogP contribution in [0.5, 0.6) is 0 Å². The maximum atomic E-state index is 8.96. The Morgan fingerprint density at radius 2 is 2.05 bits per heavy atom. The Morgan fingerprint density at radius 3 is 2.68 bits per heavy atom. The summed E-state index contributed by atoms with van der Waals surface area (Å²) in [4.78, 5) is 2.43. The fraction of sp³-hybridized carbons (Fsp3) is 0.562. The van der Waals surface area contributed by atoms with Gasteiger partial charge in [0, 0.05) is 31.2 Å². The summed E-state index contributed by atoms with van der Waals surface area (Å²) >= 11 is 0. The molecule has 19 heavy (non-hydrogen) atoms. The van der Waals surface area contributed by atoms with Gasteiger partial charge in [0.25, 0.3) is 0 Å². The van der Waals surface area contributed by atoms with Gasteiger partial charge in [-0.25, -0.2) is 0 Å². The van der Waals surface area contributed by atoms with Gasteiger partial charge in [0.05, 0.1) is 12.5 Å². The number of rotatable bonds is 3. The van der Waals surface area contributed by atoms with E-state index in [0.29, 0.717) is 12.5 Å². The Balaban J connectivity index is 2.09. The lowest BCUT2D eigenvalue weighted by molar-refractivity contribution is 0.0903. The molecule has 0 amide bonds. The summed E-state index contributed by atoms with van der Waals surface area (Å²) in [6, 6.07) is 11.3. The van der Waals surface area contributed by atoms with Crippen LogP contribution >= 0.6 is 0 Å². The Kier molecular flexibility index (Phi) is 4.24. The van der Waals surface area contributed by atoms with Crippen LogP contribution in [0.3, 0.4) is 0 Å². The van der Waals surface area contributed by atoms with Gasteiger partial charge in [0.1, 0.15) is 0 Å². The van der Waals surface area contributed by atoms with Crippen molar-refractivity contribution >= 4 is 0 Å². The fourth-order valence-electron chi connectivity index (χ4n) is 2.64. The molecule has 1 aromatic rings. The van der Waals surface area contributed by atoms with E-state index in [1.165, 1.54) is 11.1 Å². The predicted molar refractivity (Wildman–Crippen MR) is 77.7 cm³/mol. The molecule has 1 N–H and O–H groups in total. The number of nitriles is 1. The zero-order valence-corrected chi connectivity index (χ0v) is 12.1. The Labute approximate surface area is 116 Å². The highest BCUT2D eigenvalue weighted by Crippen LogP contribution is 2.20. The van der Waals surface area contributed by atoms with E-state index in [-0.39, 0.29) is 5.54 Å². The summed E-state index contributed by atoms with van der Waals surface area (Å²) in [7, 11) is 0. The molecule has 1 unspecified atom stereocenters. The molecule has 1 aliphatic heterocycles. The van der Waals surface area contributed by atoms with E-state index in [0.717, 1.165) is 19.6 Å². The molecule has 3 heteroatoms. The Bertz CT molecular complexity index is 456. The van der Waals surface area contributed by atoms with E-state index in [1.54, 1.807) is 0 Å². The molecule has 1 aliphatic rings. The standard InChI is InChI=1S/C16H23N3/c1-13-4-6-14(7-5-13)11-19-12-16(2,3)18-10-15(19)8-9-17/h4-7,15,18H,8,10-12H2,1-3H3. The van der Waals surface area contributed by atoms with Crippen LogP contribution in [0.1, 0.15) is 31.4 Å². The third kappa shape index (κ3) is 3.79. The molecule has 0 radical (unpaired) electrons. The van der Waals surface area contributed by atoms with E-state index in [4.69, 9.17) is 5.26 Å². The van der Waals surface area contributed by atoms with Crippen molar-refractivity contribution < 1.29 is 0 Å². The normalized spacial score (nSPS) is 22.9. The molecule has 3 nitrogen and oxygen atoms in total. The summed E-state index contributed by atoms with van der Waals surface area (Å²) in [5.74, 6) is 0. The Morgan fingerprint density at radius 1 is 1.37 bits per heavy atom. The second-order valence-electron chi connectivity index (χ2n) is 6.17. The second-order valence-corrected chi connectivity index (χ2v) is 6.17. The lowest BCUT2D eigenvalue weighted by Crippen LogP contribution is -2.61. The van der Waals surface area contributed by atoms with Crippen LogP contribution in [0.4, 0.5) is 0 Å². The van der Waals surface area contributed by atoms with Crippen molar-refractivity contribution in [2.45, 2.75) is 45.3 Å². The number of aryl methyl sites for hydroxylation is 1. The van der Waals surface area contributed by atoms with Crippen molar-refractivity contribution in [3.8, 4) is 6.07 Å². The maximum Gasteiger partial charge on any atom is 0.0638 e. The first-order valence-corrected chi connectivity index (χ1v) is 6.92. The SMILES string of the molecule is Cc1ccc(CN2CC(C)(C)NCC2CC#N)cc1. The first-order valence-electron chi connectivity index (χ1n) is 6.92. The first kappa shape index (κ1) is 14.0. The van der Waals surface area contributed by atoms with Crippen molar-refractivity contribution in [3.05, 3.63) is 35.4 Å². The molecule has 1 aromatic carbocycles. The fourth-order valence-corrected chi connectivity index (χ4v) is 2.64. The largest absolute Gasteiger partial charge is 0.309 e. The topological polar surface area (TPSA) is 39.1 Å². The van der Waals surface area contributed by atoms with Crippen LogP contribution in [0.2, 0.25) is 0 Å². The summed E-state index contributed by atoms with van der Waals surface area (Å²) in [5, 5.41) is 12.5. The van der Waals surface area contributed by atoms with Gasteiger partial charge in [-0.2, -0.15) is 5.26 Å². The number of nitrogens with one attached hydrogen (secondary N) is 1. The number of nitrogens with zero attached hydrogens (tertiary/aromatic N) is 2. The third-order valence-electron chi connectivity index (χ3n) is 3.76. The van der Waals surface area contributed by atoms with Gasteiger partial charge in [-0.1, -0.05) is 29.8 Å². The molecule has 0 aromatic heterocycles. The zero-order valence-electron chi connectivity index (χ0n) is 12.1. The van der Waals surface area contributed by atoms with Crippen LogP contribution in [0, 0.1) is 18.3 Å². The molecule has 0 saturated carbocycles. The molecule has 1 saturated heterocycles. The molecule has 0 spiro atoms. The quantitative estimate of drug-likeness (QED) is 0.904. The van der Waals surface area contributed by atoms with E-state index >= 15 is 0 Å². The Hall–Kier alpha value is -1.37. The second kappa shape index (κ2) is 5.73. The van der Waals surface area contributed by atoms with Crippen LogP contribution in [-0.4, -0.2) is 29.6 Å². The van der Waals surface area contributed by atoms with Gasteiger partial charge >= 0.3 is 0 Å². The van der Waals surface area contributed by atoms with Gasteiger partial charge < -0.3 is 5.32 Å². The molecule has 102 valence electrons. The molecule has 2 rings (SSSR count). The minimum Gasteiger partial charge on any atom is -0.309 e. The predicted octanol–water partition coefficient (Wildman–Crippen LogP) is 2.46. The van der Waals surface area contributed by atoms with Gasteiger partial charge in [0.15, 0.2) is 0 Å². The number of hydrogen-bond acceptors (Lipinski definition) is 3. The molecule has 1 atom stereocenters. The van der Waals surface area contributed by atoms with E-state index < -0.39 is 0 Å². The van der Waals surface area contributed by atoms with Gasteiger partial charge in [0.2, 0.25) is 0 Å². The van der Waals surface area contributed by atoms with E-state index in [1.807, 2.05) is 0 Å². The summed E-state index contributed by atoms with van der Waals surface area (Å²) in [5.41, 5.74) is 2.74. The summed E-state index contributed by atoms with van der Waals surface area (Å²) < 4.78 is 0. The third-order valence-corrected chi connectivity index (χ3v) is 3.76. The maximum absolute atomic E-state index is 8.96. The highest BCUT2D eigenvalue weighted by molar-refractivity contribution is 5.21. The summed E-state index contributed by atoms with van der Waals surface area (Å²) in [6.07, 6.45) is 0.592. The van der Waals surface area contributed by atoms with Crippen LogP contribution < -0.4 is 5.32 Å². The van der Waals surface area contributed by atoms with Gasteiger partial charge in [-0.3, -0.25) is 4.90 Å². The number of hydrogen-bond donors (Lipinski definition) is 1. The van der Waals surface area contributed by atoms with Crippen molar-refractivity contribution in [1.82, 2.24) is 10.2 Å². The lowest BCUT2D eigenvalue weighted by Gasteiger charge is -2.44. The van der Waals surface area contributed by atoms with Crippen LogP contribution in [-0.2, 0) is 6.54 Å². The van der Waals surface area contributed by atoms with Gasteiger partial charge in [-0.15, -0.1) is 0 Å². The highest BCUT2D eigenvalue weighted by Gasteiger charge is 2.32. The minimum atomic E-state index is 0.122. The molecular formula is C16H23N3. The smallest absolute Gasteiger partial charge is 0.0638 e. The van der Waals surface area contributed by atoms with Crippen molar-refractivity contribution in [3.63, 3.8) is 0 Å². The summed E-state index contributed by atoms with van der Waals surface area (Å²) in [6.45, 7) is 9.35. The van der Waals surface area contributed by atoms with Crippen molar-refractivity contribution in [1.29, 1.82) is 5.26 Å². The van der Waals surface area contributed by atoms with E-state index in [2.05, 4.69) is 61.3 Å². The minimum absolute atomic E-state index is 0.122. The monoisotopic (exact) mass is 257 g/mol. The van der Waals surface area contributed by atoms with E-state index in [9.17, 15) is 0 Å². The highest BCUT2D eigenvalue weighted by atomic mass is 15.2. The number of piperazine rings is 1. The average Bonchev–Trinajstić information content (AvgIpc) is 2.35. The molecule has 0 aliphatic carbocycles. The van der Waals surface area contributed by atoms with Crippen LogP contribution in [0.15, 0.2) is 24.3 Å². The van der Waals surface area contributed by atoms with Crippen molar-refractivity contribution in [2.24, 2.45) is 0 Å². The van der Waals surface area contributed by atoms with Gasteiger partial charge in [-0.05, 0) is 26.3 Å². The average molecular weight is 257 g/mol. The lowest BCUT2D eigenvalue weighted by atomic mass is 9.96. The number of benzene rings is 1. The molecule has 1 heterocycles. The molecular weight excluding hydrogens is 234 g/mol.